The summed E-state index contributed by atoms with van der Waals surface area (Å²) < 4.78 is 36.6. The fourth-order valence-electron chi connectivity index (χ4n) is 2.62. The zero-order valence-electron chi connectivity index (χ0n) is 14.0. The molecule has 142 valence electrons. The third-order valence-electron chi connectivity index (χ3n) is 3.84. The summed E-state index contributed by atoms with van der Waals surface area (Å²) >= 11 is 0. The van der Waals surface area contributed by atoms with Crippen molar-refractivity contribution >= 4 is 11.9 Å². The Kier molecular flexibility index (Phi) is 8.06. The number of hydrogen-bond acceptors (Lipinski definition) is 5. The van der Waals surface area contributed by atoms with Crippen LogP contribution in [0.15, 0.2) is 24.3 Å². The van der Waals surface area contributed by atoms with Crippen LogP contribution < -0.4 is 5.32 Å². The normalized spacial score (nSPS) is 17.4. The topological polar surface area (TPSA) is 99.4 Å². The number of rotatable bonds is 4. The van der Waals surface area contributed by atoms with Crippen LogP contribution in [0.25, 0.3) is 0 Å². The Hall–Kier alpha value is -2.60. The molecular weight excluding hydrogens is 353 g/mol. The lowest BCUT2D eigenvalue weighted by Gasteiger charge is -2.21. The van der Waals surface area contributed by atoms with Crippen molar-refractivity contribution in [2.75, 3.05) is 13.7 Å². The Bertz CT molecular complexity index is 665. The van der Waals surface area contributed by atoms with Gasteiger partial charge in [-0.3, -0.25) is 4.79 Å². The summed E-state index contributed by atoms with van der Waals surface area (Å²) in [6, 6.07) is 9.71. The fourth-order valence-corrected chi connectivity index (χ4v) is 2.62. The molecule has 0 spiro atoms. The van der Waals surface area contributed by atoms with Gasteiger partial charge in [-0.2, -0.15) is 18.4 Å². The molecule has 9 heteroatoms. The molecule has 1 aliphatic heterocycles. The number of carbonyl (C=O) groups excluding carboxylic acids is 1. The molecule has 1 fully saturated rings. The largest absolute Gasteiger partial charge is 0.490 e. The average Bonchev–Trinajstić information content (AvgIpc) is 3.13. The first-order valence-electron chi connectivity index (χ1n) is 7.79. The van der Waals surface area contributed by atoms with Crippen LogP contribution in [0.1, 0.15) is 24.0 Å². The third kappa shape index (κ3) is 6.72. The quantitative estimate of drug-likeness (QED) is 0.787. The van der Waals surface area contributed by atoms with E-state index >= 15 is 0 Å². The molecule has 6 nitrogen and oxygen atoms in total. The maximum atomic E-state index is 11.9. The number of aliphatic carboxylic acids is 1. The van der Waals surface area contributed by atoms with Gasteiger partial charge in [0.15, 0.2) is 0 Å². The molecule has 2 unspecified atom stereocenters. The molecule has 0 bridgehead atoms. The zero-order valence-corrected chi connectivity index (χ0v) is 14.0. The van der Waals surface area contributed by atoms with Crippen LogP contribution in [-0.2, 0) is 20.7 Å². The van der Waals surface area contributed by atoms with Crippen molar-refractivity contribution in [2.45, 2.75) is 31.5 Å². The Balaban J connectivity index is 0.000000412. The lowest BCUT2D eigenvalue weighted by atomic mass is 9.90. The van der Waals surface area contributed by atoms with Gasteiger partial charge >= 0.3 is 18.1 Å². The smallest absolute Gasteiger partial charge is 0.475 e. The highest BCUT2D eigenvalue weighted by atomic mass is 19.4. The minimum absolute atomic E-state index is 0.179. The zero-order chi connectivity index (χ0) is 19.7. The highest BCUT2D eigenvalue weighted by Crippen LogP contribution is 2.21. The van der Waals surface area contributed by atoms with Crippen LogP contribution in [0.2, 0.25) is 0 Å². The predicted octanol–water partition coefficient (Wildman–Crippen LogP) is 2.28. The van der Waals surface area contributed by atoms with Gasteiger partial charge in [-0.1, -0.05) is 12.1 Å². The first-order valence-corrected chi connectivity index (χ1v) is 7.79. The van der Waals surface area contributed by atoms with E-state index in [1.807, 2.05) is 18.2 Å². The number of esters is 1. The number of nitrogens with zero attached hydrogens (tertiary/aromatic N) is 1. The molecule has 0 amide bonds. The summed E-state index contributed by atoms with van der Waals surface area (Å²) in [6.07, 6.45) is -2.38. The van der Waals surface area contributed by atoms with E-state index in [1.165, 1.54) is 7.11 Å². The number of carboxylic acid groups (broad SMARTS) is 1. The van der Waals surface area contributed by atoms with Gasteiger partial charge in [-0.25, -0.2) is 4.79 Å². The van der Waals surface area contributed by atoms with Gasteiger partial charge in [0.05, 0.1) is 24.7 Å². The second-order valence-corrected chi connectivity index (χ2v) is 5.65. The first kappa shape index (κ1) is 21.4. The Morgan fingerprint density at radius 2 is 2.12 bits per heavy atom. The SMILES string of the molecule is COC(=O)C(Cc1cccc(C#N)c1)C1CCCN1.O=C(O)C(F)(F)F. The highest BCUT2D eigenvalue weighted by Gasteiger charge is 2.38. The number of nitriles is 1. The van der Waals surface area contributed by atoms with Crippen LogP contribution in [-0.4, -0.2) is 42.9 Å². The number of carbonyl (C=O) groups is 2. The van der Waals surface area contributed by atoms with E-state index in [2.05, 4.69) is 11.4 Å². The molecule has 0 aromatic heterocycles. The molecule has 1 aromatic rings. The van der Waals surface area contributed by atoms with E-state index in [9.17, 15) is 18.0 Å². The van der Waals surface area contributed by atoms with Crippen LogP contribution in [0.4, 0.5) is 13.2 Å². The summed E-state index contributed by atoms with van der Waals surface area (Å²) in [6.45, 7) is 0.955. The third-order valence-corrected chi connectivity index (χ3v) is 3.84. The van der Waals surface area contributed by atoms with Crippen LogP contribution in [0.5, 0.6) is 0 Å². The summed E-state index contributed by atoms with van der Waals surface area (Å²) in [5.74, 6) is -3.12. The molecule has 0 aliphatic carbocycles. The summed E-state index contributed by atoms with van der Waals surface area (Å²) in [5, 5.41) is 19.4. The number of alkyl halides is 3. The molecule has 0 saturated carbocycles. The number of methoxy groups -OCH3 is 1. The second-order valence-electron chi connectivity index (χ2n) is 5.65. The van der Waals surface area contributed by atoms with Crippen molar-refractivity contribution < 1.29 is 32.6 Å². The lowest BCUT2D eigenvalue weighted by Crippen LogP contribution is -2.37. The van der Waals surface area contributed by atoms with Crippen LogP contribution >= 0.6 is 0 Å². The van der Waals surface area contributed by atoms with Crippen molar-refractivity contribution in [2.24, 2.45) is 5.92 Å². The van der Waals surface area contributed by atoms with E-state index in [0.29, 0.717) is 12.0 Å². The van der Waals surface area contributed by atoms with E-state index in [0.717, 1.165) is 24.9 Å². The van der Waals surface area contributed by atoms with Gasteiger partial charge in [0.2, 0.25) is 0 Å². The summed E-state index contributed by atoms with van der Waals surface area (Å²) in [7, 11) is 1.43. The summed E-state index contributed by atoms with van der Waals surface area (Å²) in [5.41, 5.74) is 1.63. The van der Waals surface area contributed by atoms with Gasteiger partial charge in [0.25, 0.3) is 0 Å². The Labute approximate surface area is 148 Å². The Morgan fingerprint density at radius 1 is 1.46 bits per heavy atom. The van der Waals surface area contributed by atoms with Gasteiger partial charge in [0.1, 0.15) is 0 Å². The van der Waals surface area contributed by atoms with E-state index in [-0.39, 0.29) is 17.9 Å². The van der Waals surface area contributed by atoms with Gasteiger partial charge in [-0.05, 0) is 43.5 Å². The lowest BCUT2D eigenvalue weighted by molar-refractivity contribution is -0.192. The number of benzene rings is 1. The number of hydrogen-bond donors (Lipinski definition) is 2. The number of halogens is 3. The average molecular weight is 372 g/mol. The van der Waals surface area contributed by atoms with Crippen molar-refractivity contribution in [3.8, 4) is 6.07 Å². The number of carboxylic acids is 1. The number of ether oxygens (including phenoxy) is 1. The molecule has 2 N–H and O–H groups in total. The maximum absolute atomic E-state index is 11.9. The summed E-state index contributed by atoms with van der Waals surface area (Å²) in [4.78, 5) is 20.8. The minimum Gasteiger partial charge on any atom is -0.475 e. The minimum atomic E-state index is -5.08. The Morgan fingerprint density at radius 3 is 2.58 bits per heavy atom. The van der Waals surface area contributed by atoms with Gasteiger partial charge in [-0.15, -0.1) is 0 Å². The molecular formula is C17H19F3N2O4. The fraction of sp³-hybridized carbons (Fsp3) is 0.471. The first-order chi connectivity index (χ1) is 12.2. The van der Waals surface area contributed by atoms with Crippen LogP contribution in [0.3, 0.4) is 0 Å². The van der Waals surface area contributed by atoms with Crippen molar-refractivity contribution in [3.63, 3.8) is 0 Å². The monoisotopic (exact) mass is 372 g/mol. The molecule has 0 radical (unpaired) electrons. The van der Waals surface area contributed by atoms with E-state index in [4.69, 9.17) is 19.9 Å². The molecule has 1 saturated heterocycles. The molecule has 2 rings (SSSR count). The number of nitrogens with one attached hydrogen (secondary N) is 1. The molecule has 1 aromatic carbocycles. The maximum Gasteiger partial charge on any atom is 0.490 e. The van der Waals surface area contributed by atoms with Gasteiger partial charge < -0.3 is 15.2 Å². The van der Waals surface area contributed by atoms with Crippen molar-refractivity contribution in [1.82, 2.24) is 5.32 Å². The second kappa shape index (κ2) is 9.77. The standard InChI is InChI=1S/C15H18N2O2.C2HF3O2/c1-19-15(18)13(14-6-3-7-17-14)9-11-4-2-5-12(8-11)10-16;3-2(4,5)1(6)7/h2,4-5,8,13-14,17H,3,6-7,9H2,1H3;(H,6,7). The van der Waals surface area contributed by atoms with Crippen molar-refractivity contribution in [1.29, 1.82) is 5.26 Å². The molecule has 1 heterocycles. The van der Waals surface area contributed by atoms with Crippen LogP contribution in [0, 0.1) is 17.2 Å². The van der Waals surface area contributed by atoms with E-state index < -0.39 is 12.1 Å². The molecule has 2 atom stereocenters. The predicted molar refractivity (Wildman–Crippen MR) is 85.1 cm³/mol. The highest BCUT2D eigenvalue weighted by molar-refractivity contribution is 5.73. The van der Waals surface area contributed by atoms with E-state index in [1.54, 1.807) is 6.07 Å². The van der Waals surface area contributed by atoms with Gasteiger partial charge in [0, 0.05) is 6.04 Å². The molecule has 26 heavy (non-hydrogen) atoms. The van der Waals surface area contributed by atoms with Crippen molar-refractivity contribution in [3.05, 3.63) is 35.4 Å². The molecule has 1 aliphatic rings.